The molecule has 2 saturated heterocycles. The average Bonchev–Trinajstić information content (AvgIpc) is 3.42. The Morgan fingerprint density at radius 1 is 1.17 bits per heavy atom. The first-order chi connectivity index (χ1) is 14.7. The van der Waals surface area contributed by atoms with Crippen molar-refractivity contribution < 1.29 is 14.3 Å². The molecule has 1 aromatic carbocycles. The Hall–Kier alpha value is -2.58. The molecule has 1 amide bonds. The first-order valence-electron chi connectivity index (χ1n) is 10.8. The highest BCUT2D eigenvalue weighted by atomic mass is 16.7. The summed E-state index contributed by atoms with van der Waals surface area (Å²) in [6.45, 7) is 8.97. The summed E-state index contributed by atoms with van der Waals surface area (Å²) in [5.41, 5.74) is 2.81. The van der Waals surface area contributed by atoms with Crippen LogP contribution in [0.1, 0.15) is 34.5 Å². The molecule has 5 rings (SSSR count). The van der Waals surface area contributed by atoms with Gasteiger partial charge in [-0.25, -0.2) is 0 Å². The number of nitrogens with zero attached hydrogens (tertiary/aromatic N) is 4. The summed E-state index contributed by atoms with van der Waals surface area (Å²) in [4.78, 5) is 19.9. The predicted molar refractivity (Wildman–Crippen MR) is 112 cm³/mol. The van der Waals surface area contributed by atoms with Gasteiger partial charge in [0, 0.05) is 57.5 Å². The number of likely N-dealkylation sites (tertiary alicyclic amines) is 1. The van der Waals surface area contributed by atoms with E-state index in [0.717, 1.165) is 75.8 Å². The average molecular weight is 412 g/mol. The van der Waals surface area contributed by atoms with Crippen LogP contribution in [0, 0.1) is 6.92 Å². The van der Waals surface area contributed by atoms with Crippen LogP contribution in [0.4, 0.5) is 0 Å². The summed E-state index contributed by atoms with van der Waals surface area (Å²) in [5, 5.41) is 6.88. The molecule has 8 nitrogen and oxygen atoms in total. The second kappa shape index (κ2) is 8.28. The van der Waals surface area contributed by atoms with Gasteiger partial charge in [-0.15, -0.1) is 0 Å². The second-order valence-corrected chi connectivity index (χ2v) is 8.46. The highest BCUT2D eigenvalue weighted by Crippen LogP contribution is 2.33. The molecule has 8 heteroatoms. The molecule has 1 N–H and O–H groups in total. The Morgan fingerprint density at radius 3 is 2.80 bits per heavy atom. The molecule has 2 aromatic rings. The number of piperazine rings is 1. The van der Waals surface area contributed by atoms with E-state index in [9.17, 15) is 4.79 Å². The standard InChI is InChI=1S/C22H29N5O3/c1-16-19(12-23-24-16)22(28)27-6-2-3-18(14-27)26-9-7-25(8-10-26)13-17-4-5-20-21(11-17)30-15-29-20/h4-5,11-12,18H,2-3,6-10,13-15H2,1H3,(H,23,24)/t18-/m0/s1. The monoisotopic (exact) mass is 411 g/mol. The van der Waals surface area contributed by atoms with Gasteiger partial charge in [0.1, 0.15) is 0 Å². The van der Waals surface area contributed by atoms with Crippen LogP contribution >= 0.6 is 0 Å². The summed E-state index contributed by atoms with van der Waals surface area (Å²) >= 11 is 0. The third-order valence-corrected chi connectivity index (χ3v) is 6.51. The Balaban J connectivity index is 1.14. The Labute approximate surface area is 176 Å². The van der Waals surface area contributed by atoms with E-state index in [4.69, 9.17) is 9.47 Å². The van der Waals surface area contributed by atoms with Crippen LogP contribution in [0.3, 0.4) is 0 Å². The Bertz CT molecular complexity index is 906. The number of hydrogen-bond donors (Lipinski definition) is 1. The van der Waals surface area contributed by atoms with Crippen molar-refractivity contribution in [1.29, 1.82) is 0 Å². The number of aromatic amines is 1. The summed E-state index contributed by atoms with van der Waals surface area (Å²) in [7, 11) is 0. The number of ether oxygens (including phenoxy) is 2. The lowest BCUT2D eigenvalue weighted by atomic mass is 10.0. The lowest BCUT2D eigenvalue weighted by molar-refractivity contribution is 0.0407. The van der Waals surface area contributed by atoms with Gasteiger partial charge < -0.3 is 14.4 Å². The van der Waals surface area contributed by atoms with Crippen molar-refractivity contribution in [2.24, 2.45) is 0 Å². The summed E-state index contributed by atoms with van der Waals surface area (Å²) in [5.74, 6) is 1.80. The number of carbonyl (C=O) groups excluding carboxylic acids is 1. The number of benzene rings is 1. The molecule has 30 heavy (non-hydrogen) atoms. The third-order valence-electron chi connectivity index (χ3n) is 6.51. The first kappa shape index (κ1) is 19.4. The number of rotatable bonds is 4. The summed E-state index contributed by atoms with van der Waals surface area (Å²) in [6.07, 6.45) is 3.87. The minimum atomic E-state index is 0.104. The lowest BCUT2D eigenvalue weighted by Crippen LogP contribution is -2.55. The largest absolute Gasteiger partial charge is 0.454 e. The Kier molecular flexibility index (Phi) is 5.35. The maximum absolute atomic E-state index is 12.9. The number of hydrogen-bond acceptors (Lipinski definition) is 6. The van der Waals surface area contributed by atoms with Gasteiger partial charge in [0.2, 0.25) is 6.79 Å². The van der Waals surface area contributed by atoms with Crippen molar-refractivity contribution in [1.82, 2.24) is 24.9 Å². The Morgan fingerprint density at radius 2 is 2.00 bits per heavy atom. The number of carbonyl (C=O) groups is 1. The first-order valence-corrected chi connectivity index (χ1v) is 10.8. The highest BCUT2D eigenvalue weighted by molar-refractivity contribution is 5.95. The van der Waals surface area contributed by atoms with Crippen molar-refractivity contribution in [2.45, 2.75) is 32.4 Å². The number of aryl methyl sites for hydroxylation is 1. The van der Waals surface area contributed by atoms with Crippen molar-refractivity contribution in [3.05, 3.63) is 41.2 Å². The molecule has 3 aliphatic rings. The highest BCUT2D eigenvalue weighted by Gasteiger charge is 2.31. The number of aromatic nitrogens is 2. The maximum atomic E-state index is 12.9. The van der Waals surface area contributed by atoms with E-state index in [-0.39, 0.29) is 5.91 Å². The fraction of sp³-hybridized carbons (Fsp3) is 0.545. The van der Waals surface area contributed by atoms with Crippen molar-refractivity contribution in [3.8, 4) is 11.5 Å². The van der Waals surface area contributed by atoms with E-state index in [1.807, 2.05) is 17.9 Å². The molecule has 0 saturated carbocycles. The fourth-order valence-corrected chi connectivity index (χ4v) is 4.76. The summed E-state index contributed by atoms with van der Waals surface area (Å²) < 4.78 is 10.9. The maximum Gasteiger partial charge on any atom is 0.257 e. The molecule has 3 aliphatic heterocycles. The normalized spacial score (nSPS) is 22.4. The molecule has 0 radical (unpaired) electrons. The molecular formula is C22H29N5O3. The SMILES string of the molecule is Cc1[nH]ncc1C(=O)N1CCC[C@H](N2CCN(Cc3ccc4c(c3)OCO4)CC2)C1. The lowest BCUT2D eigenvalue weighted by Gasteiger charge is -2.43. The van der Waals surface area contributed by atoms with Crippen LogP contribution in [0.25, 0.3) is 0 Å². The number of piperidine rings is 1. The van der Waals surface area contributed by atoms with Crippen molar-refractivity contribution >= 4 is 5.91 Å². The minimum Gasteiger partial charge on any atom is -0.454 e. The van der Waals surface area contributed by atoms with Crippen LogP contribution in [0.5, 0.6) is 11.5 Å². The molecule has 2 fully saturated rings. The van der Waals surface area contributed by atoms with Gasteiger partial charge in [-0.2, -0.15) is 5.10 Å². The molecule has 1 atom stereocenters. The van der Waals surface area contributed by atoms with Crippen LogP contribution in [-0.4, -0.2) is 82.9 Å². The van der Waals surface area contributed by atoms with Gasteiger partial charge in [0.05, 0.1) is 11.8 Å². The fourth-order valence-electron chi connectivity index (χ4n) is 4.76. The number of fused-ring (bicyclic) bond motifs is 1. The van der Waals surface area contributed by atoms with Gasteiger partial charge in [-0.3, -0.25) is 19.7 Å². The van der Waals surface area contributed by atoms with E-state index in [1.165, 1.54) is 5.56 Å². The third kappa shape index (κ3) is 3.89. The zero-order valence-electron chi connectivity index (χ0n) is 17.5. The molecular weight excluding hydrogens is 382 g/mol. The molecule has 0 unspecified atom stereocenters. The van der Waals surface area contributed by atoms with E-state index in [1.54, 1.807) is 6.20 Å². The zero-order valence-corrected chi connectivity index (χ0v) is 17.5. The van der Waals surface area contributed by atoms with Crippen LogP contribution in [0.15, 0.2) is 24.4 Å². The van der Waals surface area contributed by atoms with E-state index in [2.05, 4.69) is 32.1 Å². The van der Waals surface area contributed by atoms with Crippen LogP contribution in [-0.2, 0) is 6.54 Å². The predicted octanol–water partition coefficient (Wildman–Crippen LogP) is 1.87. The van der Waals surface area contributed by atoms with Crippen molar-refractivity contribution in [3.63, 3.8) is 0 Å². The molecule has 4 heterocycles. The van der Waals surface area contributed by atoms with E-state index >= 15 is 0 Å². The number of H-pyrrole nitrogens is 1. The van der Waals surface area contributed by atoms with Crippen LogP contribution < -0.4 is 9.47 Å². The van der Waals surface area contributed by atoms with Gasteiger partial charge >= 0.3 is 0 Å². The number of nitrogens with one attached hydrogen (secondary N) is 1. The number of amides is 1. The van der Waals surface area contributed by atoms with Crippen molar-refractivity contribution in [2.75, 3.05) is 46.1 Å². The smallest absolute Gasteiger partial charge is 0.257 e. The van der Waals surface area contributed by atoms with Gasteiger partial charge in [-0.05, 0) is 37.5 Å². The minimum absolute atomic E-state index is 0.104. The zero-order chi connectivity index (χ0) is 20.5. The van der Waals surface area contributed by atoms with E-state index < -0.39 is 0 Å². The molecule has 0 aliphatic carbocycles. The van der Waals surface area contributed by atoms with E-state index in [0.29, 0.717) is 18.4 Å². The molecule has 160 valence electrons. The topological polar surface area (TPSA) is 73.9 Å². The second-order valence-electron chi connectivity index (χ2n) is 8.46. The van der Waals surface area contributed by atoms with Gasteiger partial charge in [0.25, 0.3) is 5.91 Å². The molecule has 0 bridgehead atoms. The quantitative estimate of drug-likeness (QED) is 0.828. The summed E-state index contributed by atoms with van der Waals surface area (Å²) in [6, 6.07) is 6.67. The molecule has 1 aromatic heterocycles. The molecule has 0 spiro atoms. The van der Waals surface area contributed by atoms with Crippen LogP contribution in [0.2, 0.25) is 0 Å². The van der Waals surface area contributed by atoms with Gasteiger partial charge in [-0.1, -0.05) is 6.07 Å². The van der Waals surface area contributed by atoms with Gasteiger partial charge in [0.15, 0.2) is 11.5 Å².